The number of carbonyl (C=O) groups excluding carboxylic acids is 1. The van der Waals surface area contributed by atoms with Crippen molar-refractivity contribution in [1.82, 2.24) is 9.97 Å². The van der Waals surface area contributed by atoms with E-state index in [-0.39, 0.29) is 11.2 Å². The maximum Gasteiger partial charge on any atom is 0.230 e. The maximum absolute atomic E-state index is 11.7. The first-order valence-electron chi connectivity index (χ1n) is 8.34. The van der Waals surface area contributed by atoms with Crippen LogP contribution in [0.4, 0.5) is 0 Å². The van der Waals surface area contributed by atoms with E-state index in [1.165, 1.54) is 22.2 Å². The summed E-state index contributed by atoms with van der Waals surface area (Å²) in [4.78, 5) is 22.7. The third-order valence-electron chi connectivity index (χ3n) is 4.22. The first-order valence-corrected chi connectivity index (χ1v) is 10.0. The zero-order chi connectivity index (χ0) is 18.0. The van der Waals surface area contributed by atoms with Gasteiger partial charge in [-0.25, -0.2) is 9.97 Å². The van der Waals surface area contributed by atoms with Gasteiger partial charge in [0, 0.05) is 10.4 Å². The second-order valence-corrected chi connectivity index (χ2v) is 8.25. The van der Waals surface area contributed by atoms with E-state index in [1.807, 2.05) is 6.92 Å². The standard InChI is InChI=1S/C19H21N3OS2/c1-4-12-6-8-13(9-7-12)15-11(3)24-18-16(15)19(22-10-21-18)25-14(5-2)17(20)23/h6-10,14H,4-5H2,1-3H3,(H2,20,23). The van der Waals surface area contributed by atoms with Crippen LogP contribution in [-0.4, -0.2) is 21.1 Å². The molecule has 25 heavy (non-hydrogen) atoms. The molecule has 0 aliphatic heterocycles. The van der Waals surface area contributed by atoms with Crippen LogP contribution in [0.3, 0.4) is 0 Å². The van der Waals surface area contributed by atoms with Gasteiger partial charge in [-0.3, -0.25) is 4.79 Å². The fraction of sp³-hybridized carbons (Fsp3) is 0.316. The van der Waals surface area contributed by atoms with Crippen LogP contribution in [0, 0.1) is 6.92 Å². The first kappa shape index (κ1) is 17.9. The van der Waals surface area contributed by atoms with Gasteiger partial charge >= 0.3 is 0 Å². The molecule has 2 heterocycles. The number of thioether (sulfide) groups is 1. The summed E-state index contributed by atoms with van der Waals surface area (Å²) in [6.45, 7) is 6.22. The summed E-state index contributed by atoms with van der Waals surface area (Å²) in [6, 6.07) is 8.63. The summed E-state index contributed by atoms with van der Waals surface area (Å²) in [7, 11) is 0. The van der Waals surface area contributed by atoms with Crippen LogP contribution < -0.4 is 5.73 Å². The smallest absolute Gasteiger partial charge is 0.230 e. The Morgan fingerprint density at radius 2 is 1.96 bits per heavy atom. The largest absolute Gasteiger partial charge is 0.369 e. The minimum absolute atomic E-state index is 0.284. The number of primary amides is 1. The zero-order valence-electron chi connectivity index (χ0n) is 14.6. The van der Waals surface area contributed by atoms with Crippen molar-refractivity contribution in [2.75, 3.05) is 0 Å². The molecule has 0 aliphatic rings. The monoisotopic (exact) mass is 371 g/mol. The van der Waals surface area contributed by atoms with Crippen LogP contribution in [0.1, 0.15) is 30.7 Å². The molecule has 4 nitrogen and oxygen atoms in total. The summed E-state index contributed by atoms with van der Waals surface area (Å²) in [5, 5.41) is 1.57. The number of thiophene rings is 1. The molecule has 0 saturated carbocycles. The zero-order valence-corrected chi connectivity index (χ0v) is 16.2. The van der Waals surface area contributed by atoms with Gasteiger partial charge in [-0.05, 0) is 30.9 Å². The average Bonchev–Trinajstić information content (AvgIpc) is 2.96. The first-order chi connectivity index (χ1) is 12.0. The molecule has 2 aromatic heterocycles. The quantitative estimate of drug-likeness (QED) is 0.508. The van der Waals surface area contributed by atoms with Gasteiger partial charge in [-0.2, -0.15) is 0 Å². The lowest BCUT2D eigenvalue weighted by Crippen LogP contribution is -2.24. The Morgan fingerprint density at radius 3 is 2.56 bits per heavy atom. The van der Waals surface area contributed by atoms with Gasteiger partial charge in [-0.15, -0.1) is 11.3 Å². The van der Waals surface area contributed by atoms with Gasteiger partial charge in [0.1, 0.15) is 16.2 Å². The van der Waals surface area contributed by atoms with Crippen molar-refractivity contribution in [1.29, 1.82) is 0 Å². The predicted molar refractivity (Wildman–Crippen MR) is 106 cm³/mol. The topological polar surface area (TPSA) is 68.9 Å². The van der Waals surface area contributed by atoms with Crippen LogP contribution in [0.2, 0.25) is 0 Å². The number of nitrogens with two attached hydrogens (primary N) is 1. The van der Waals surface area contributed by atoms with Crippen molar-refractivity contribution in [2.45, 2.75) is 43.9 Å². The number of aromatic nitrogens is 2. The molecule has 1 amide bonds. The number of hydrogen-bond acceptors (Lipinski definition) is 5. The molecular formula is C19H21N3OS2. The number of carbonyl (C=O) groups is 1. The van der Waals surface area contributed by atoms with Gasteiger partial charge in [0.15, 0.2) is 0 Å². The highest BCUT2D eigenvalue weighted by Crippen LogP contribution is 2.42. The van der Waals surface area contributed by atoms with Gasteiger partial charge in [0.05, 0.1) is 10.6 Å². The minimum Gasteiger partial charge on any atom is -0.369 e. The van der Waals surface area contributed by atoms with Crippen molar-refractivity contribution in [2.24, 2.45) is 5.73 Å². The third-order valence-corrected chi connectivity index (χ3v) is 6.62. The fourth-order valence-corrected chi connectivity index (χ4v) is 4.89. The van der Waals surface area contributed by atoms with E-state index >= 15 is 0 Å². The van der Waals surface area contributed by atoms with Crippen molar-refractivity contribution < 1.29 is 4.79 Å². The van der Waals surface area contributed by atoms with E-state index in [1.54, 1.807) is 17.7 Å². The Labute approximate surface area is 155 Å². The number of nitrogens with zero attached hydrogens (tertiary/aromatic N) is 2. The number of aryl methyl sites for hydroxylation is 2. The number of amides is 1. The molecule has 1 unspecified atom stereocenters. The Bertz CT molecular complexity index is 903. The van der Waals surface area contributed by atoms with E-state index in [0.717, 1.165) is 32.8 Å². The Morgan fingerprint density at radius 1 is 1.24 bits per heavy atom. The second kappa shape index (κ2) is 7.54. The Hall–Kier alpha value is -1.92. The van der Waals surface area contributed by atoms with E-state index in [0.29, 0.717) is 6.42 Å². The summed E-state index contributed by atoms with van der Waals surface area (Å²) >= 11 is 3.10. The molecule has 0 bridgehead atoms. The highest BCUT2D eigenvalue weighted by molar-refractivity contribution is 8.00. The molecule has 2 N–H and O–H groups in total. The van der Waals surface area contributed by atoms with Gasteiger partial charge in [0.2, 0.25) is 5.91 Å². The molecule has 0 fully saturated rings. The molecule has 1 atom stereocenters. The molecule has 130 valence electrons. The van der Waals surface area contributed by atoms with E-state index in [9.17, 15) is 4.79 Å². The van der Waals surface area contributed by atoms with Crippen LogP contribution in [0.25, 0.3) is 21.3 Å². The fourth-order valence-electron chi connectivity index (χ4n) is 2.84. The maximum atomic E-state index is 11.7. The molecule has 6 heteroatoms. The highest BCUT2D eigenvalue weighted by atomic mass is 32.2. The number of hydrogen-bond donors (Lipinski definition) is 1. The Balaban J connectivity index is 2.14. The minimum atomic E-state index is -0.305. The van der Waals surface area contributed by atoms with Crippen LogP contribution in [0.15, 0.2) is 35.6 Å². The lowest BCUT2D eigenvalue weighted by atomic mass is 10.0. The van der Waals surface area contributed by atoms with E-state index in [2.05, 4.69) is 48.1 Å². The van der Waals surface area contributed by atoms with Crippen molar-refractivity contribution >= 4 is 39.2 Å². The molecule has 0 aliphatic carbocycles. The van der Waals surface area contributed by atoms with E-state index in [4.69, 9.17) is 5.73 Å². The average molecular weight is 372 g/mol. The van der Waals surface area contributed by atoms with Gasteiger partial charge in [-0.1, -0.05) is 49.9 Å². The summed E-state index contributed by atoms with van der Waals surface area (Å²) in [6.07, 6.45) is 3.26. The number of benzene rings is 1. The van der Waals surface area contributed by atoms with Crippen LogP contribution in [-0.2, 0) is 11.2 Å². The number of fused-ring (bicyclic) bond motifs is 1. The molecule has 0 radical (unpaired) electrons. The third kappa shape index (κ3) is 3.55. The number of rotatable bonds is 6. The molecular weight excluding hydrogens is 350 g/mol. The lowest BCUT2D eigenvalue weighted by Gasteiger charge is -2.11. The van der Waals surface area contributed by atoms with Gasteiger partial charge < -0.3 is 5.73 Å². The van der Waals surface area contributed by atoms with Gasteiger partial charge in [0.25, 0.3) is 0 Å². The second-order valence-electron chi connectivity index (χ2n) is 5.86. The molecule has 1 aromatic carbocycles. The SMILES string of the molecule is CCc1ccc(-c2c(C)sc3ncnc(SC(CC)C(N)=O)c23)cc1. The van der Waals surface area contributed by atoms with Crippen molar-refractivity contribution in [3.63, 3.8) is 0 Å². The molecule has 0 saturated heterocycles. The van der Waals surface area contributed by atoms with Crippen LogP contribution in [0.5, 0.6) is 0 Å². The molecule has 3 rings (SSSR count). The summed E-state index contributed by atoms with van der Waals surface area (Å²) in [5.41, 5.74) is 9.15. The van der Waals surface area contributed by atoms with Crippen molar-refractivity contribution in [3.8, 4) is 11.1 Å². The molecule has 0 spiro atoms. The lowest BCUT2D eigenvalue weighted by molar-refractivity contribution is -0.117. The molecule has 3 aromatic rings. The summed E-state index contributed by atoms with van der Waals surface area (Å²) < 4.78 is 0. The van der Waals surface area contributed by atoms with E-state index < -0.39 is 0 Å². The Kier molecular flexibility index (Phi) is 5.39. The van der Waals surface area contributed by atoms with Crippen LogP contribution >= 0.6 is 23.1 Å². The highest BCUT2D eigenvalue weighted by Gasteiger charge is 2.21. The predicted octanol–water partition coefficient (Wildman–Crippen LogP) is 4.59. The summed E-state index contributed by atoms with van der Waals surface area (Å²) in [5.74, 6) is -0.305. The normalized spacial score (nSPS) is 12.4. The van der Waals surface area contributed by atoms with Crippen molar-refractivity contribution in [3.05, 3.63) is 41.0 Å².